The van der Waals surface area contributed by atoms with Gasteiger partial charge in [0.05, 0.1) is 11.4 Å². The summed E-state index contributed by atoms with van der Waals surface area (Å²) in [5.74, 6) is 1.37. The highest BCUT2D eigenvalue weighted by Gasteiger charge is 2.26. The molecule has 1 amide bonds. The summed E-state index contributed by atoms with van der Waals surface area (Å²) in [5.41, 5.74) is 1.13. The molecule has 0 saturated carbocycles. The lowest BCUT2D eigenvalue weighted by atomic mass is 10.1. The van der Waals surface area contributed by atoms with E-state index in [4.69, 9.17) is 4.74 Å². The summed E-state index contributed by atoms with van der Waals surface area (Å²) in [7, 11) is 0. The van der Waals surface area contributed by atoms with E-state index < -0.39 is 0 Å². The van der Waals surface area contributed by atoms with Crippen LogP contribution >= 0.6 is 11.3 Å². The quantitative estimate of drug-likeness (QED) is 0.873. The Kier molecular flexibility index (Phi) is 4.38. The maximum Gasteiger partial charge on any atom is 0.264 e. The summed E-state index contributed by atoms with van der Waals surface area (Å²) >= 11 is 1.51. The Morgan fingerprint density at radius 3 is 3.05 bits per heavy atom. The second-order valence-electron chi connectivity index (χ2n) is 5.56. The topological polar surface area (TPSA) is 55.3 Å². The van der Waals surface area contributed by atoms with Crippen molar-refractivity contribution in [3.8, 4) is 5.88 Å². The highest BCUT2D eigenvalue weighted by molar-refractivity contribution is 7.12. The number of aryl methyl sites for hydroxylation is 2. The van der Waals surface area contributed by atoms with Gasteiger partial charge in [0.1, 0.15) is 11.9 Å². The number of rotatable bonds is 3. The highest BCUT2D eigenvalue weighted by Crippen LogP contribution is 2.21. The van der Waals surface area contributed by atoms with Crippen molar-refractivity contribution in [1.82, 2.24) is 14.9 Å². The number of carbonyl (C=O) groups is 1. The predicted molar refractivity (Wildman–Crippen MR) is 85.4 cm³/mol. The van der Waals surface area contributed by atoms with Gasteiger partial charge in [-0.3, -0.25) is 4.79 Å². The number of piperidine rings is 1. The maximum atomic E-state index is 12.5. The molecule has 2 aromatic rings. The molecule has 116 valence electrons. The molecule has 1 saturated heterocycles. The van der Waals surface area contributed by atoms with E-state index in [2.05, 4.69) is 9.97 Å². The molecule has 0 spiro atoms. The highest BCUT2D eigenvalue weighted by atomic mass is 32.1. The summed E-state index contributed by atoms with van der Waals surface area (Å²) in [6.45, 7) is 5.24. The Hall–Kier alpha value is -1.95. The first kappa shape index (κ1) is 15.0. The summed E-state index contributed by atoms with van der Waals surface area (Å²) in [6, 6.07) is 3.71. The van der Waals surface area contributed by atoms with E-state index in [1.807, 2.05) is 30.2 Å². The number of amides is 1. The average molecular weight is 317 g/mol. The van der Waals surface area contributed by atoms with Gasteiger partial charge in [0.2, 0.25) is 5.88 Å². The zero-order valence-corrected chi connectivity index (χ0v) is 13.6. The minimum atomic E-state index is -0.00643. The van der Waals surface area contributed by atoms with Crippen LogP contribution in [0.15, 0.2) is 23.7 Å². The van der Waals surface area contributed by atoms with E-state index in [-0.39, 0.29) is 12.0 Å². The molecule has 1 fully saturated rings. The molecule has 1 atom stereocenters. The first-order valence-electron chi connectivity index (χ1n) is 7.42. The summed E-state index contributed by atoms with van der Waals surface area (Å²) < 4.78 is 5.92. The van der Waals surface area contributed by atoms with Gasteiger partial charge in [0.15, 0.2) is 0 Å². The number of hydrogen-bond donors (Lipinski definition) is 0. The van der Waals surface area contributed by atoms with E-state index in [1.54, 1.807) is 12.3 Å². The normalized spacial score (nSPS) is 18.3. The number of nitrogens with zero attached hydrogens (tertiary/aromatic N) is 3. The van der Waals surface area contributed by atoms with Crippen LogP contribution in [0.5, 0.6) is 5.88 Å². The largest absolute Gasteiger partial charge is 0.472 e. The van der Waals surface area contributed by atoms with Crippen LogP contribution in [-0.4, -0.2) is 40.0 Å². The van der Waals surface area contributed by atoms with E-state index in [9.17, 15) is 4.79 Å². The third kappa shape index (κ3) is 3.44. The zero-order valence-electron chi connectivity index (χ0n) is 12.8. The average Bonchev–Trinajstić information content (AvgIpc) is 2.93. The lowest BCUT2D eigenvalue weighted by molar-refractivity contribution is 0.0531. The molecule has 6 heteroatoms. The number of thiophene rings is 1. The Balaban J connectivity index is 1.65. The number of aromatic nitrogens is 2. The van der Waals surface area contributed by atoms with Gasteiger partial charge in [-0.2, -0.15) is 4.98 Å². The Morgan fingerprint density at radius 1 is 1.45 bits per heavy atom. The molecule has 0 N–H and O–H groups in total. The molecule has 0 aromatic carbocycles. The van der Waals surface area contributed by atoms with Crippen LogP contribution in [0.1, 0.15) is 33.9 Å². The van der Waals surface area contributed by atoms with Crippen molar-refractivity contribution in [2.75, 3.05) is 13.1 Å². The van der Waals surface area contributed by atoms with E-state index in [0.717, 1.165) is 29.8 Å². The van der Waals surface area contributed by atoms with Crippen LogP contribution < -0.4 is 4.74 Å². The standard InChI is InChI=1S/C16H19N3O2S/c1-11-8-14(22-10-11)16(20)19-7-3-4-13(9-19)21-15-5-6-17-12(2)18-15/h5-6,8,10,13H,3-4,7,9H2,1-2H3/t13-/m1/s1. The first-order chi connectivity index (χ1) is 10.6. The Bertz CT molecular complexity index is 671. The van der Waals surface area contributed by atoms with E-state index in [0.29, 0.717) is 18.2 Å². The predicted octanol–water partition coefficient (Wildman–Crippen LogP) is 2.84. The van der Waals surface area contributed by atoms with Crippen molar-refractivity contribution in [2.24, 2.45) is 0 Å². The second-order valence-corrected chi connectivity index (χ2v) is 6.47. The molecule has 1 aliphatic rings. The number of ether oxygens (including phenoxy) is 1. The fourth-order valence-electron chi connectivity index (χ4n) is 2.59. The fraction of sp³-hybridized carbons (Fsp3) is 0.438. The molecule has 3 heterocycles. The lowest BCUT2D eigenvalue weighted by Gasteiger charge is -2.32. The summed E-state index contributed by atoms with van der Waals surface area (Å²) in [5, 5.41) is 2.01. The molecule has 2 aromatic heterocycles. The number of carbonyl (C=O) groups excluding carboxylic acids is 1. The monoisotopic (exact) mass is 317 g/mol. The minimum absolute atomic E-state index is 0.00643. The Labute approximate surface area is 134 Å². The molecule has 22 heavy (non-hydrogen) atoms. The molecular weight excluding hydrogens is 298 g/mol. The van der Waals surface area contributed by atoms with Crippen LogP contribution in [0.3, 0.4) is 0 Å². The van der Waals surface area contributed by atoms with Gasteiger partial charge in [-0.05, 0) is 43.7 Å². The van der Waals surface area contributed by atoms with Crippen molar-refractivity contribution < 1.29 is 9.53 Å². The van der Waals surface area contributed by atoms with Gasteiger partial charge in [-0.15, -0.1) is 11.3 Å². The van der Waals surface area contributed by atoms with E-state index >= 15 is 0 Å². The van der Waals surface area contributed by atoms with Crippen molar-refractivity contribution >= 4 is 17.2 Å². The smallest absolute Gasteiger partial charge is 0.264 e. The van der Waals surface area contributed by atoms with Crippen LogP contribution in [0.2, 0.25) is 0 Å². The second kappa shape index (κ2) is 6.44. The SMILES string of the molecule is Cc1csc(C(=O)N2CCC[C@@H](Oc3ccnc(C)n3)C2)c1. The number of likely N-dealkylation sites (tertiary alicyclic amines) is 1. The first-order valence-corrected chi connectivity index (χ1v) is 8.30. The fourth-order valence-corrected chi connectivity index (χ4v) is 3.45. The zero-order chi connectivity index (χ0) is 15.5. The molecule has 0 radical (unpaired) electrons. The van der Waals surface area contributed by atoms with Gasteiger partial charge in [-0.25, -0.2) is 4.98 Å². The maximum absolute atomic E-state index is 12.5. The van der Waals surface area contributed by atoms with Crippen LogP contribution in [0, 0.1) is 13.8 Å². The molecule has 3 rings (SSSR count). The van der Waals surface area contributed by atoms with Crippen LogP contribution in [-0.2, 0) is 0 Å². The number of hydrogen-bond acceptors (Lipinski definition) is 5. The molecule has 0 unspecified atom stereocenters. The van der Waals surface area contributed by atoms with E-state index in [1.165, 1.54) is 11.3 Å². The van der Waals surface area contributed by atoms with Gasteiger partial charge >= 0.3 is 0 Å². The molecule has 0 bridgehead atoms. The summed E-state index contributed by atoms with van der Waals surface area (Å²) in [4.78, 5) is 23.5. The van der Waals surface area contributed by atoms with Crippen molar-refractivity contribution in [3.63, 3.8) is 0 Å². The third-order valence-electron chi connectivity index (χ3n) is 3.64. The van der Waals surface area contributed by atoms with Gasteiger partial charge in [-0.1, -0.05) is 0 Å². The third-order valence-corrected chi connectivity index (χ3v) is 4.68. The van der Waals surface area contributed by atoms with Gasteiger partial charge in [0.25, 0.3) is 5.91 Å². The minimum Gasteiger partial charge on any atom is -0.472 e. The van der Waals surface area contributed by atoms with Gasteiger partial charge in [0, 0.05) is 18.8 Å². The van der Waals surface area contributed by atoms with Crippen LogP contribution in [0.4, 0.5) is 0 Å². The van der Waals surface area contributed by atoms with Gasteiger partial charge < -0.3 is 9.64 Å². The van der Waals surface area contributed by atoms with Crippen molar-refractivity contribution in [2.45, 2.75) is 32.8 Å². The van der Waals surface area contributed by atoms with Crippen molar-refractivity contribution in [3.05, 3.63) is 40.0 Å². The molecule has 1 aliphatic heterocycles. The lowest BCUT2D eigenvalue weighted by Crippen LogP contribution is -2.44. The molecule has 5 nitrogen and oxygen atoms in total. The Morgan fingerprint density at radius 2 is 2.32 bits per heavy atom. The molecule has 0 aliphatic carbocycles. The summed E-state index contributed by atoms with van der Waals surface area (Å²) in [6.07, 6.45) is 3.58. The molecular formula is C16H19N3O2S. The van der Waals surface area contributed by atoms with Crippen LogP contribution in [0.25, 0.3) is 0 Å². The van der Waals surface area contributed by atoms with Crippen molar-refractivity contribution in [1.29, 1.82) is 0 Å².